The number of ether oxygens (including phenoxy) is 1. The summed E-state index contributed by atoms with van der Waals surface area (Å²) in [6.45, 7) is 1.99. The van der Waals surface area contributed by atoms with Gasteiger partial charge in [0.1, 0.15) is 5.75 Å². The van der Waals surface area contributed by atoms with Crippen LogP contribution in [-0.2, 0) is 6.54 Å². The molecule has 7 nitrogen and oxygen atoms in total. The maximum atomic E-state index is 13.8. The molecule has 0 bridgehead atoms. The molecule has 2 aromatic heterocycles. The third-order valence-corrected chi connectivity index (χ3v) is 6.00. The molecule has 0 aliphatic heterocycles. The van der Waals surface area contributed by atoms with E-state index in [2.05, 4.69) is 10.2 Å². The van der Waals surface area contributed by atoms with Crippen molar-refractivity contribution in [3.8, 4) is 16.9 Å². The lowest BCUT2D eigenvalue weighted by Gasteiger charge is -2.19. The summed E-state index contributed by atoms with van der Waals surface area (Å²) in [4.78, 5) is 14.8. The summed E-state index contributed by atoms with van der Waals surface area (Å²) in [5, 5.41) is 17.9. The predicted octanol–water partition coefficient (Wildman–Crippen LogP) is 4.15. The third kappa shape index (κ3) is 4.05. The molecule has 1 aliphatic rings. The van der Waals surface area contributed by atoms with Crippen molar-refractivity contribution in [2.24, 2.45) is 0 Å². The fourth-order valence-corrected chi connectivity index (χ4v) is 3.93. The minimum Gasteiger partial charge on any atom is -0.490 e. The van der Waals surface area contributed by atoms with E-state index in [4.69, 9.17) is 4.74 Å². The minimum atomic E-state index is -0.945. The van der Waals surface area contributed by atoms with E-state index >= 15 is 0 Å². The quantitative estimate of drug-likeness (QED) is 0.331. The Morgan fingerprint density at radius 2 is 2.03 bits per heavy atom. The van der Waals surface area contributed by atoms with Crippen LogP contribution in [0.4, 0.5) is 8.78 Å². The molecule has 1 aliphatic carbocycles. The number of hydrogen-bond acceptors (Lipinski definition) is 4. The fourth-order valence-electron chi connectivity index (χ4n) is 3.93. The molecule has 0 spiro atoms. The second kappa shape index (κ2) is 8.40. The molecule has 9 heteroatoms. The molecule has 1 fully saturated rings. The van der Waals surface area contributed by atoms with Crippen LogP contribution < -0.4 is 9.47 Å². The van der Waals surface area contributed by atoms with Gasteiger partial charge in [0.2, 0.25) is 11.9 Å². The van der Waals surface area contributed by atoms with Gasteiger partial charge >= 0.3 is 0 Å². The maximum Gasteiger partial charge on any atom is 0.254 e. The zero-order valence-electron chi connectivity index (χ0n) is 18.7. The van der Waals surface area contributed by atoms with Crippen LogP contribution >= 0.6 is 0 Å². The summed E-state index contributed by atoms with van der Waals surface area (Å²) in [6, 6.07) is 8.65. The first kappa shape index (κ1) is 21.8. The summed E-state index contributed by atoms with van der Waals surface area (Å²) in [7, 11) is 1.66. The highest BCUT2D eigenvalue weighted by Crippen LogP contribution is 2.36. The van der Waals surface area contributed by atoms with Crippen LogP contribution in [0.1, 0.15) is 34.5 Å². The van der Waals surface area contributed by atoms with E-state index in [1.165, 1.54) is 11.0 Å². The van der Waals surface area contributed by atoms with E-state index in [0.29, 0.717) is 33.7 Å². The molecule has 4 aromatic rings. The molecule has 2 heterocycles. The molecule has 5 rings (SSSR count). The fraction of sp³-hybridized carbons (Fsp3) is 0.240. The number of aromatic nitrogens is 3. The Bertz CT molecular complexity index is 1420. The Kier molecular flexibility index (Phi) is 5.39. The van der Waals surface area contributed by atoms with Crippen LogP contribution in [0.3, 0.4) is 0 Å². The monoisotopic (exact) mass is 465 g/mol. The SMILES string of the molecule is Cc1c2cn[nH]c2c(CN(C)C(=O)c2ccc(-c3ccc(F)c(F)c3)c(OC3CC3)c2)c[n+]1O. The Balaban J connectivity index is 1.45. The van der Waals surface area contributed by atoms with Crippen molar-refractivity contribution in [2.45, 2.75) is 32.4 Å². The number of amides is 1. The number of rotatable bonds is 6. The lowest BCUT2D eigenvalue weighted by atomic mass is 10.0. The largest absolute Gasteiger partial charge is 0.490 e. The number of nitrogens with zero attached hydrogens (tertiary/aromatic N) is 3. The first-order valence-electron chi connectivity index (χ1n) is 10.9. The number of aryl methyl sites for hydroxylation is 1. The Morgan fingerprint density at radius 1 is 1.24 bits per heavy atom. The van der Waals surface area contributed by atoms with Gasteiger partial charge in [-0.2, -0.15) is 5.10 Å². The van der Waals surface area contributed by atoms with Crippen LogP contribution in [0, 0.1) is 18.6 Å². The minimum absolute atomic E-state index is 0.0494. The second-order valence-electron chi connectivity index (χ2n) is 8.56. The first-order chi connectivity index (χ1) is 16.3. The average Bonchev–Trinajstić information content (AvgIpc) is 3.49. The lowest BCUT2D eigenvalue weighted by molar-refractivity contribution is -0.908. The normalized spacial score (nSPS) is 13.3. The predicted molar refractivity (Wildman–Crippen MR) is 119 cm³/mol. The molecule has 1 saturated carbocycles. The summed E-state index contributed by atoms with van der Waals surface area (Å²) in [6.07, 6.45) is 5.04. The standard InChI is InChI=1S/C25H22F2N4O3/c1-14-20-11-28-29-24(20)17(13-31(14)33)12-30(2)25(32)16-3-7-19(23(10-16)34-18-5-6-18)15-4-8-21(26)22(27)9-15/h3-4,7-11,13,18,33H,5-6,12H2,1-2H3/p+1. The molecule has 0 saturated heterocycles. The summed E-state index contributed by atoms with van der Waals surface area (Å²) < 4.78 is 34.3. The van der Waals surface area contributed by atoms with Gasteiger partial charge in [0.25, 0.3) is 5.91 Å². The Morgan fingerprint density at radius 3 is 2.76 bits per heavy atom. The van der Waals surface area contributed by atoms with Gasteiger partial charge in [-0.05, 0) is 48.7 Å². The summed E-state index contributed by atoms with van der Waals surface area (Å²) >= 11 is 0. The van der Waals surface area contributed by atoms with Gasteiger partial charge in [-0.15, -0.1) is 0 Å². The number of carbonyl (C=O) groups is 1. The molecule has 2 N–H and O–H groups in total. The number of pyridine rings is 1. The molecular formula is C25H23F2N4O3+. The highest BCUT2D eigenvalue weighted by Gasteiger charge is 2.26. The van der Waals surface area contributed by atoms with E-state index in [1.54, 1.807) is 44.6 Å². The molecule has 2 aromatic carbocycles. The van der Waals surface area contributed by atoms with Crippen LogP contribution in [0.25, 0.3) is 22.0 Å². The van der Waals surface area contributed by atoms with Gasteiger partial charge in [-0.3, -0.25) is 15.1 Å². The molecule has 0 atom stereocenters. The number of H-pyrrole nitrogens is 1. The molecule has 0 unspecified atom stereocenters. The van der Waals surface area contributed by atoms with E-state index in [-0.39, 0.29) is 18.6 Å². The number of carbonyl (C=O) groups excluding carboxylic acids is 1. The number of hydrogen-bond donors (Lipinski definition) is 2. The molecule has 34 heavy (non-hydrogen) atoms. The van der Waals surface area contributed by atoms with Crippen LogP contribution in [0.15, 0.2) is 48.8 Å². The molecule has 174 valence electrons. The van der Waals surface area contributed by atoms with E-state index in [9.17, 15) is 18.8 Å². The lowest BCUT2D eigenvalue weighted by Crippen LogP contribution is -2.35. The van der Waals surface area contributed by atoms with E-state index in [0.717, 1.165) is 40.6 Å². The van der Waals surface area contributed by atoms with Gasteiger partial charge in [0.05, 0.1) is 35.3 Å². The molecule has 1 amide bonds. The van der Waals surface area contributed by atoms with Gasteiger partial charge in [0, 0.05) is 29.8 Å². The highest BCUT2D eigenvalue weighted by atomic mass is 19.2. The van der Waals surface area contributed by atoms with Gasteiger partial charge in [0.15, 0.2) is 11.6 Å². The number of fused-ring (bicyclic) bond motifs is 1. The van der Waals surface area contributed by atoms with Crippen molar-refractivity contribution in [1.29, 1.82) is 0 Å². The van der Waals surface area contributed by atoms with Crippen molar-refractivity contribution in [2.75, 3.05) is 7.05 Å². The van der Waals surface area contributed by atoms with Crippen molar-refractivity contribution < 1.29 is 28.2 Å². The molecule has 0 radical (unpaired) electrons. The van der Waals surface area contributed by atoms with Crippen LogP contribution in [0.5, 0.6) is 5.75 Å². The Labute approximate surface area is 194 Å². The van der Waals surface area contributed by atoms with E-state index < -0.39 is 11.6 Å². The zero-order chi connectivity index (χ0) is 24.0. The average molecular weight is 465 g/mol. The smallest absolute Gasteiger partial charge is 0.254 e. The number of nitrogens with one attached hydrogen (secondary N) is 1. The zero-order valence-corrected chi connectivity index (χ0v) is 18.7. The topological polar surface area (TPSA) is 82.3 Å². The summed E-state index contributed by atoms with van der Waals surface area (Å²) in [5.41, 5.74) is 3.53. The maximum absolute atomic E-state index is 13.8. The van der Waals surface area contributed by atoms with Gasteiger partial charge in [-0.25, -0.2) is 8.78 Å². The number of benzene rings is 2. The third-order valence-electron chi connectivity index (χ3n) is 6.00. The highest BCUT2D eigenvalue weighted by molar-refractivity contribution is 5.95. The van der Waals surface area contributed by atoms with Crippen LogP contribution in [0.2, 0.25) is 0 Å². The van der Waals surface area contributed by atoms with Crippen molar-refractivity contribution in [3.05, 3.63) is 77.2 Å². The Hall–Kier alpha value is -4.01. The number of halogens is 2. The second-order valence-corrected chi connectivity index (χ2v) is 8.56. The molecular weight excluding hydrogens is 442 g/mol. The first-order valence-corrected chi connectivity index (χ1v) is 10.9. The van der Waals surface area contributed by atoms with Crippen molar-refractivity contribution in [1.82, 2.24) is 15.1 Å². The van der Waals surface area contributed by atoms with Gasteiger partial charge < -0.3 is 9.64 Å². The van der Waals surface area contributed by atoms with Crippen LogP contribution in [-0.4, -0.2) is 39.4 Å². The van der Waals surface area contributed by atoms with Gasteiger partial charge in [-0.1, -0.05) is 6.07 Å². The van der Waals surface area contributed by atoms with Crippen molar-refractivity contribution in [3.63, 3.8) is 0 Å². The van der Waals surface area contributed by atoms with E-state index in [1.807, 2.05) is 0 Å². The number of aromatic amines is 1. The summed E-state index contributed by atoms with van der Waals surface area (Å²) in [5.74, 6) is -1.67. The van der Waals surface area contributed by atoms with Crippen molar-refractivity contribution >= 4 is 16.8 Å².